The Balaban J connectivity index is 1.84. The van der Waals surface area contributed by atoms with Gasteiger partial charge in [-0.1, -0.05) is 30.3 Å². The lowest BCUT2D eigenvalue weighted by Gasteiger charge is -2.10. The summed E-state index contributed by atoms with van der Waals surface area (Å²) in [5.41, 5.74) is 1.33. The van der Waals surface area contributed by atoms with Crippen LogP contribution in [0.2, 0.25) is 0 Å². The van der Waals surface area contributed by atoms with E-state index in [2.05, 4.69) is 4.98 Å². The van der Waals surface area contributed by atoms with Gasteiger partial charge in [-0.3, -0.25) is 4.79 Å². The molecule has 0 aliphatic carbocycles. The number of carbonyl (C=O) groups is 1. The summed E-state index contributed by atoms with van der Waals surface area (Å²) in [7, 11) is -3.76. The molecule has 2 aromatic carbocycles. The van der Waals surface area contributed by atoms with Crippen LogP contribution in [-0.4, -0.2) is 19.4 Å². The molecule has 0 bridgehead atoms. The Morgan fingerprint density at radius 2 is 1.84 bits per heavy atom. The van der Waals surface area contributed by atoms with Gasteiger partial charge < -0.3 is 9.15 Å². The second-order valence-electron chi connectivity index (χ2n) is 5.14. The fourth-order valence-corrected chi connectivity index (χ4v) is 2.76. The maximum atomic E-state index is 12.0. The van der Waals surface area contributed by atoms with Gasteiger partial charge in [0, 0.05) is 5.56 Å². The number of oxazole rings is 1. The number of ether oxygens (including phenoxy) is 1. The Kier molecular flexibility index (Phi) is 4.64. The van der Waals surface area contributed by atoms with Crippen molar-refractivity contribution in [1.82, 2.24) is 4.98 Å². The van der Waals surface area contributed by atoms with E-state index in [1.165, 1.54) is 24.6 Å². The molecule has 0 amide bonds. The van der Waals surface area contributed by atoms with Gasteiger partial charge in [-0.25, -0.2) is 18.5 Å². The number of hydrogen-bond donors (Lipinski definition) is 1. The Bertz CT molecular complexity index is 980. The highest BCUT2D eigenvalue weighted by atomic mass is 32.2. The number of aromatic nitrogens is 1. The SMILES string of the molecule is NS(=O)(=O)c1ccc(-c2ccccc2OC(=O)Cc2ncco2)cc1. The zero-order valence-electron chi connectivity index (χ0n) is 13.0. The number of benzene rings is 2. The number of hydrogen-bond acceptors (Lipinski definition) is 6. The van der Waals surface area contributed by atoms with Gasteiger partial charge in [0.15, 0.2) is 0 Å². The number of sulfonamides is 1. The number of esters is 1. The van der Waals surface area contributed by atoms with Gasteiger partial charge in [0.2, 0.25) is 15.9 Å². The normalized spacial score (nSPS) is 11.2. The molecule has 7 nitrogen and oxygen atoms in total. The van der Waals surface area contributed by atoms with Crippen LogP contribution in [0.5, 0.6) is 5.75 Å². The molecule has 8 heteroatoms. The highest BCUT2D eigenvalue weighted by molar-refractivity contribution is 7.89. The van der Waals surface area contributed by atoms with Crippen molar-refractivity contribution in [3.63, 3.8) is 0 Å². The average molecular weight is 358 g/mol. The molecule has 128 valence electrons. The van der Waals surface area contributed by atoms with Crippen LogP contribution in [0.15, 0.2) is 70.3 Å². The van der Waals surface area contributed by atoms with E-state index in [0.717, 1.165) is 0 Å². The maximum absolute atomic E-state index is 12.0. The molecule has 3 rings (SSSR count). The number of nitrogens with zero attached hydrogens (tertiary/aromatic N) is 1. The van der Waals surface area contributed by atoms with Crippen LogP contribution < -0.4 is 9.88 Å². The van der Waals surface area contributed by atoms with E-state index in [9.17, 15) is 13.2 Å². The van der Waals surface area contributed by atoms with Crippen molar-refractivity contribution in [1.29, 1.82) is 0 Å². The highest BCUT2D eigenvalue weighted by Gasteiger charge is 2.14. The molecule has 0 saturated carbocycles. The lowest BCUT2D eigenvalue weighted by molar-refractivity contribution is -0.133. The molecule has 0 saturated heterocycles. The van der Waals surface area contributed by atoms with E-state index in [0.29, 0.717) is 16.9 Å². The lowest BCUT2D eigenvalue weighted by atomic mass is 10.0. The molecule has 3 aromatic rings. The predicted molar refractivity (Wildman–Crippen MR) is 89.1 cm³/mol. The first kappa shape index (κ1) is 16.9. The highest BCUT2D eigenvalue weighted by Crippen LogP contribution is 2.30. The molecule has 0 unspecified atom stereocenters. The molecule has 25 heavy (non-hydrogen) atoms. The second kappa shape index (κ2) is 6.88. The second-order valence-corrected chi connectivity index (χ2v) is 6.70. The van der Waals surface area contributed by atoms with Crippen molar-refractivity contribution in [2.45, 2.75) is 11.3 Å². The van der Waals surface area contributed by atoms with Crippen LogP contribution in [0, 0.1) is 0 Å². The Morgan fingerprint density at radius 1 is 1.12 bits per heavy atom. The Labute approximate surface area is 144 Å². The molecule has 0 spiro atoms. The maximum Gasteiger partial charge on any atom is 0.320 e. The van der Waals surface area contributed by atoms with E-state index in [-0.39, 0.29) is 17.2 Å². The van der Waals surface area contributed by atoms with E-state index < -0.39 is 16.0 Å². The van der Waals surface area contributed by atoms with Crippen molar-refractivity contribution in [3.05, 3.63) is 66.9 Å². The van der Waals surface area contributed by atoms with Crippen LogP contribution in [0.25, 0.3) is 11.1 Å². The van der Waals surface area contributed by atoms with E-state index >= 15 is 0 Å². The summed E-state index contributed by atoms with van der Waals surface area (Å²) < 4.78 is 33.1. The first-order chi connectivity index (χ1) is 11.9. The van der Waals surface area contributed by atoms with Crippen molar-refractivity contribution >= 4 is 16.0 Å². The molecule has 0 radical (unpaired) electrons. The largest absolute Gasteiger partial charge is 0.448 e. The summed E-state index contributed by atoms with van der Waals surface area (Å²) in [5, 5.41) is 5.09. The zero-order chi connectivity index (χ0) is 17.9. The van der Waals surface area contributed by atoms with Crippen molar-refractivity contribution in [3.8, 4) is 16.9 Å². The number of rotatable bonds is 5. The summed E-state index contributed by atoms with van der Waals surface area (Å²) in [6, 6.07) is 12.9. The van der Waals surface area contributed by atoms with Gasteiger partial charge in [0.05, 0.1) is 11.1 Å². The zero-order valence-corrected chi connectivity index (χ0v) is 13.8. The minimum absolute atomic E-state index is 0.00891. The summed E-state index contributed by atoms with van der Waals surface area (Å²) >= 11 is 0. The van der Waals surface area contributed by atoms with Crippen LogP contribution >= 0.6 is 0 Å². The third-order valence-corrected chi connectivity index (χ3v) is 4.31. The monoisotopic (exact) mass is 358 g/mol. The average Bonchev–Trinajstić information content (AvgIpc) is 3.07. The minimum Gasteiger partial charge on any atom is -0.448 e. The van der Waals surface area contributed by atoms with Gasteiger partial charge in [0.1, 0.15) is 18.4 Å². The summed E-state index contributed by atoms with van der Waals surface area (Å²) in [5.74, 6) is 0.0958. The predicted octanol–water partition coefficient (Wildman–Crippen LogP) is 2.14. The smallest absolute Gasteiger partial charge is 0.320 e. The van der Waals surface area contributed by atoms with E-state index in [4.69, 9.17) is 14.3 Å². The Hall–Kier alpha value is -2.97. The van der Waals surface area contributed by atoms with E-state index in [1.54, 1.807) is 36.4 Å². The molecule has 1 heterocycles. The minimum atomic E-state index is -3.76. The van der Waals surface area contributed by atoms with Gasteiger partial charge in [-0.2, -0.15) is 0 Å². The number of carbonyl (C=O) groups excluding carboxylic acids is 1. The molecule has 0 aliphatic rings. The summed E-state index contributed by atoms with van der Waals surface area (Å²) in [6.45, 7) is 0. The fourth-order valence-electron chi connectivity index (χ4n) is 2.24. The number of para-hydroxylation sites is 1. The molecule has 0 fully saturated rings. The van der Waals surface area contributed by atoms with Gasteiger partial charge in [-0.05, 0) is 23.8 Å². The molecule has 1 aromatic heterocycles. The van der Waals surface area contributed by atoms with Gasteiger partial charge in [0.25, 0.3) is 0 Å². The molecule has 0 atom stereocenters. The third kappa shape index (κ3) is 4.11. The molecular weight excluding hydrogens is 344 g/mol. The van der Waals surface area contributed by atoms with Crippen LogP contribution in [-0.2, 0) is 21.2 Å². The van der Waals surface area contributed by atoms with Crippen molar-refractivity contribution in [2.24, 2.45) is 5.14 Å². The number of nitrogens with two attached hydrogens (primary N) is 1. The summed E-state index contributed by atoms with van der Waals surface area (Å²) in [4.78, 5) is 15.9. The first-order valence-corrected chi connectivity index (χ1v) is 8.79. The third-order valence-electron chi connectivity index (χ3n) is 3.38. The first-order valence-electron chi connectivity index (χ1n) is 7.25. The topological polar surface area (TPSA) is 112 Å². The molecule has 2 N–H and O–H groups in total. The van der Waals surface area contributed by atoms with Crippen LogP contribution in [0.4, 0.5) is 0 Å². The standard InChI is InChI=1S/C17H14N2O5S/c18-25(21,22)13-7-5-12(6-8-13)14-3-1-2-4-15(14)24-17(20)11-16-19-9-10-23-16/h1-10H,11H2,(H2,18,21,22). The van der Waals surface area contributed by atoms with Gasteiger partial charge >= 0.3 is 5.97 Å². The van der Waals surface area contributed by atoms with Crippen LogP contribution in [0.1, 0.15) is 5.89 Å². The Morgan fingerprint density at radius 3 is 2.48 bits per heavy atom. The number of primary sulfonamides is 1. The van der Waals surface area contributed by atoms with Gasteiger partial charge in [-0.15, -0.1) is 0 Å². The van der Waals surface area contributed by atoms with E-state index in [1.807, 2.05) is 0 Å². The van der Waals surface area contributed by atoms with Crippen LogP contribution in [0.3, 0.4) is 0 Å². The lowest BCUT2D eigenvalue weighted by Crippen LogP contribution is -2.12. The fraction of sp³-hybridized carbons (Fsp3) is 0.0588. The molecular formula is C17H14N2O5S. The quantitative estimate of drug-likeness (QED) is 0.552. The van der Waals surface area contributed by atoms with Crippen molar-refractivity contribution in [2.75, 3.05) is 0 Å². The summed E-state index contributed by atoms with van der Waals surface area (Å²) in [6.07, 6.45) is 2.74. The molecule has 0 aliphatic heterocycles. The van der Waals surface area contributed by atoms with Crippen molar-refractivity contribution < 1.29 is 22.4 Å².